The Hall–Kier alpha value is -2.30. The SMILES string of the molecule is CC(C)(C)[C@H](N)C(=O)N1[C@H]2C[C@@H]([C@H]1C(=O)N[C@@H](C[C@]1(C)CCNC1=O)C(N)=O)C(F)(F)C2. The van der Waals surface area contributed by atoms with E-state index in [0.29, 0.717) is 13.0 Å². The van der Waals surface area contributed by atoms with E-state index >= 15 is 0 Å². The number of fused-ring (bicyclic) bond motifs is 2. The van der Waals surface area contributed by atoms with Crippen LogP contribution in [0.1, 0.15) is 53.4 Å². The lowest BCUT2D eigenvalue weighted by Gasteiger charge is -2.41. The van der Waals surface area contributed by atoms with Crippen molar-refractivity contribution in [1.82, 2.24) is 15.5 Å². The lowest BCUT2D eigenvalue weighted by Crippen LogP contribution is -2.63. The van der Waals surface area contributed by atoms with Crippen molar-refractivity contribution < 1.29 is 28.0 Å². The molecule has 2 bridgehead atoms. The molecule has 1 saturated carbocycles. The Morgan fingerprint density at radius 2 is 1.94 bits per heavy atom. The van der Waals surface area contributed by atoms with Gasteiger partial charge in [0.15, 0.2) is 0 Å². The number of nitrogens with zero attached hydrogens (tertiary/aromatic N) is 1. The molecule has 0 unspecified atom stereocenters. The van der Waals surface area contributed by atoms with E-state index in [-0.39, 0.29) is 18.7 Å². The number of carbonyl (C=O) groups excluding carboxylic acids is 4. The van der Waals surface area contributed by atoms with E-state index in [0.717, 1.165) is 0 Å². The number of hydrogen-bond acceptors (Lipinski definition) is 5. The van der Waals surface area contributed by atoms with E-state index in [9.17, 15) is 28.0 Å². The number of rotatable bonds is 6. The lowest BCUT2D eigenvalue weighted by atomic mass is 9.81. The maximum Gasteiger partial charge on any atom is 0.255 e. The molecule has 2 aliphatic heterocycles. The molecular formula is C21H33F2N5O4. The Bertz CT molecular complexity index is 829. The highest BCUT2D eigenvalue weighted by molar-refractivity contribution is 5.94. The second-order valence-corrected chi connectivity index (χ2v) is 10.7. The molecule has 6 N–H and O–H groups in total. The van der Waals surface area contributed by atoms with Gasteiger partial charge in [0.25, 0.3) is 5.92 Å². The second kappa shape index (κ2) is 7.93. The number of nitrogens with two attached hydrogens (primary N) is 2. The van der Waals surface area contributed by atoms with Crippen molar-refractivity contribution in [2.45, 2.75) is 83.5 Å². The Morgan fingerprint density at radius 3 is 2.44 bits per heavy atom. The molecule has 2 saturated heterocycles. The van der Waals surface area contributed by atoms with Crippen molar-refractivity contribution in [2.75, 3.05) is 6.54 Å². The molecule has 2 heterocycles. The summed E-state index contributed by atoms with van der Waals surface area (Å²) >= 11 is 0. The van der Waals surface area contributed by atoms with Gasteiger partial charge in [0, 0.05) is 19.0 Å². The quantitative estimate of drug-likeness (QED) is 0.439. The van der Waals surface area contributed by atoms with E-state index in [4.69, 9.17) is 11.5 Å². The molecule has 0 aromatic heterocycles. The smallest absolute Gasteiger partial charge is 0.255 e. The first kappa shape index (κ1) is 24.3. The minimum atomic E-state index is -3.12. The van der Waals surface area contributed by atoms with Gasteiger partial charge in [0.05, 0.1) is 17.4 Å². The number of amides is 4. The van der Waals surface area contributed by atoms with Gasteiger partial charge in [-0.05, 0) is 24.7 Å². The number of carbonyl (C=O) groups is 4. The molecule has 0 spiro atoms. The Kier molecular flexibility index (Phi) is 6.03. The first-order valence-electron chi connectivity index (χ1n) is 10.9. The van der Waals surface area contributed by atoms with Gasteiger partial charge in [-0.3, -0.25) is 19.2 Å². The number of likely N-dealkylation sites (tertiary alicyclic amines) is 1. The summed E-state index contributed by atoms with van der Waals surface area (Å²) in [4.78, 5) is 51.7. The van der Waals surface area contributed by atoms with Gasteiger partial charge in [0.1, 0.15) is 12.1 Å². The van der Waals surface area contributed by atoms with E-state index in [1.54, 1.807) is 27.7 Å². The molecule has 3 fully saturated rings. The van der Waals surface area contributed by atoms with Crippen LogP contribution in [0.2, 0.25) is 0 Å². The fourth-order valence-electron chi connectivity index (χ4n) is 5.07. The van der Waals surface area contributed by atoms with Crippen LogP contribution in [0.25, 0.3) is 0 Å². The van der Waals surface area contributed by atoms with Crippen LogP contribution in [-0.2, 0) is 19.2 Å². The standard InChI is InChI=1S/C21H33F2N5O4/c1-19(2,3)14(24)17(31)28-10-7-11(21(22,23)8-10)13(28)16(30)27-12(15(25)29)9-20(4)5-6-26-18(20)32/h10-14H,5-9,24H2,1-4H3,(H2,25,29)(H,26,32)(H,27,30)/t10-,11-,12-,13-,14+,20-/m0/s1. The zero-order valence-corrected chi connectivity index (χ0v) is 18.9. The van der Waals surface area contributed by atoms with Crippen molar-refractivity contribution in [3.05, 3.63) is 0 Å². The number of halogens is 2. The minimum absolute atomic E-state index is 0.0188. The summed E-state index contributed by atoms with van der Waals surface area (Å²) in [5.41, 5.74) is 10.0. The van der Waals surface area contributed by atoms with Gasteiger partial charge in [0.2, 0.25) is 23.6 Å². The topological polar surface area (TPSA) is 148 Å². The van der Waals surface area contributed by atoms with Crippen LogP contribution in [0.5, 0.6) is 0 Å². The van der Waals surface area contributed by atoms with Gasteiger partial charge in [-0.1, -0.05) is 27.7 Å². The van der Waals surface area contributed by atoms with Crippen molar-refractivity contribution in [2.24, 2.45) is 28.2 Å². The predicted molar refractivity (Wildman–Crippen MR) is 111 cm³/mol. The van der Waals surface area contributed by atoms with Crippen molar-refractivity contribution in [3.8, 4) is 0 Å². The zero-order valence-electron chi connectivity index (χ0n) is 18.9. The minimum Gasteiger partial charge on any atom is -0.368 e. The van der Waals surface area contributed by atoms with Crippen LogP contribution < -0.4 is 22.1 Å². The molecule has 11 heteroatoms. The number of hydrogen-bond donors (Lipinski definition) is 4. The van der Waals surface area contributed by atoms with Crippen molar-refractivity contribution >= 4 is 23.6 Å². The molecule has 180 valence electrons. The van der Waals surface area contributed by atoms with Crippen LogP contribution in [0.4, 0.5) is 8.78 Å². The van der Waals surface area contributed by atoms with Crippen molar-refractivity contribution in [1.29, 1.82) is 0 Å². The number of primary amides is 1. The van der Waals surface area contributed by atoms with Gasteiger partial charge < -0.3 is 27.0 Å². The Morgan fingerprint density at radius 1 is 1.31 bits per heavy atom. The highest BCUT2D eigenvalue weighted by atomic mass is 19.3. The van der Waals surface area contributed by atoms with Crippen LogP contribution in [0, 0.1) is 16.7 Å². The summed E-state index contributed by atoms with van der Waals surface area (Å²) in [6.07, 6.45) is -0.161. The highest BCUT2D eigenvalue weighted by Crippen LogP contribution is 2.52. The third kappa shape index (κ3) is 4.18. The van der Waals surface area contributed by atoms with E-state index in [2.05, 4.69) is 10.6 Å². The van der Waals surface area contributed by atoms with Gasteiger partial charge in [-0.2, -0.15) is 0 Å². The number of alkyl halides is 2. The summed E-state index contributed by atoms with van der Waals surface area (Å²) in [5.74, 6) is -7.08. The first-order valence-corrected chi connectivity index (χ1v) is 10.9. The largest absolute Gasteiger partial charge is 0.368 e. The molecule has 32 heavy (non-hydrogen) atoms. The van der Waals surface area contributed by atoms with Crippen molar-refractivity contribution in [3.63, 3.8) is 0 Å². The van der Waals surface area contributed by atoms with Crippen LogP contribution in [-0.4, -0.2) is 65.2 Å². The third-order valence-electron chi connectivity index (χ3n) is 7.20. The molecule has 0 aromatic carbocycles. The van der Waals surface area contributed by atoms with E-state index < -0.39 is 71.0 Å². The molecule has 4 amide bonds. The average molecular weight is 458 g/mol. The number of piperidine rings is 1. The van der Waals surface area contributed by atoms with Crippen LogP contribution in [0.3, 0.4) is 0 Å². The summed E-state index contributed by atoms with van der Waals surface area (Å²) in [6.45, 7) is 7.35. The lowest BCUT2D eigenvalue weighted by molar-refractivity contribution is -0.157. The average Bonchev–Trinajstić information content (AvgIpc) is 3.29. The van der Waals surface area contributed by atoms with Gasteiger partial charge in [-0.15, -0.1) is 0 Å². The molecule has 3 rings (SSSR count). The molecule has 6 atom stereocenters. The fourth-order valence-corrected chi connectivity index (χ4v) is 5.07. The highest BCUT2D eigenvalue weighted by Gasteiger charge is 2.65. The fraction of sp³-hybridized carbons (Fsp3) is 0.810. The normalized spacial score (nSPS) is 33.0. The zero-order chi connectivity index (χ0) is 24.2. The van der Waals surface area contributed by atoms with E-state index in [1.165, 1.54) is 4.90 Å². The predicted octanol–water partition coefficient (Wildman–Crippen LogP) is -0.129. The Balaban J connectivity index is 1.84. The summed E-state index contributed by atoms with van der Waals surface area (Å²) < 4.78 is 29.1. The molecule has 0 aromatic rings. The molecule has 1 aliphatic carbocycles. The van der Waals surface area contributed by atoms with Crippen LogP contribution >= 0.6 is 0 Å². The van der Waals surface area contributed by atoms with Gasteiger partial charge >= 0.3 is 0 Å². The summed E-state index contributed by atoms with van der Waals surface area (Å²) in [7, 11) is 0. The molecule has 9 nitrogen and oxygen atoms in total. The summed E-state index contributed by atoms with van der Waals surface area (Å²) in [5, 5.41) is 5.13. The number of nitrogens with one attached hydrogen (secondary N) is 2. The monoisotopic (exact) mass is 457 g/mol. The molecule has 3 aliphatic rings. The molecular weight excluding hydrogens is 424 g/mol. The summed E-state index contributed by atoms with van der Waals surface area (Å²) in [6, 6.07) is -4.50. The Labute approximate surface area is 186 Å². The van der Waals surface area contributed by atoms with E-state index in [1.807, 2.05) is 0 Å². The maximum atomic E-state index is 14.6. The molecule has 0 radical (unpaired) electrons. The van der Waals surface area contributed by atoms with Crippen LogP contribution in [0.15, 0.2) is 0 Å². The first-order chi connectivity index (χ1) is 14.6. The third-order valence-corrected chi connectivity index (χ3v) is 7.20. The second-order valence-electron chi connectivity index (χ2n) is 10.7. The maximum absolute atomic E-state index is 14.6. The van der Waals surface area contributed by atoms with Gasteiger partial charge in [-0.25, -0.2) is 8.78 Å².